The van der Waals surface area contributed by atoms with Crippen molar-refractivity contribution in [3.05, 3.63) is 0 Å². The highest BCUT2D eigenvalue weighted by Gasteiger charge is 2.10. The first kappa shape index (κ1) is 12.2. The van der Waals surface area contributed by atoms with Gasteiger partial charge in [-0.25, -0.2) is 4.79 Å². The number of urea groups is 1. The molecule has 0 rings (SSSR count). The number of carbonyl (C=O) groups excluding carboxylic acids is 1. The first-order valence-corrected chi connectivity index (χ1v) is 4.74. The number of rotatable bonds is 5. The molecule has 0 spiro atoms. The lowest BCUT2D eigenvalue weighted by atomic mass is 10.1. The largest absolute Gasteiger partial charge is 0.335 e. The molecular weight excluding hydrogens is 166 g/mol. The number of nitrogens with one attached hydrogen (secondary N) is 2. The highest BCUT2D eigenvalue weighted by molar-refractivity contribution is 5.73. The molecule has 0 aromatic rings. The molecule has 13 heavy (non-hydrogen) atoms. The summed E-state index contributed by atoms with van der Waals surface area (Å²) < 4.78 is 0. The molecule has 0 aromatic carbocycles. The van der Waals surface area contributed by atoms with Crippen LogP contribution in [-0.2, 0) is 0 Å². The van der Waals surface area contributed by atoms with E-state index in [1.165, 1.54) is 0 Å². The molecule has 0 fully saturated rings. The zero-order chi connectivity index (χ0) is 10.3. The van der Waals surface area contributed by atoms with Crippen LogP contribution in [0.2, 0.25) is 0 Å². The topological polar surface area (TPSA) is 44.4 Å². The molecule has 0 bridgehead atoms. The molecule has 0 heterocycles. The third kappa shape index (κ3) is 5.47. The Bertz CT molecular complexity index is 148. The van der Waals surface area contributed by atoms with Crippen LogP contribution in [0.15, 0.2) is 0 Å². The molecule has 0 aliphatic carbocycles. The second-order valence-electron chi connectivity index (χ2n) is 3.34. The smallest absolute Gasteiger partial charge is 0.317 e. The van der Waals surface area contributed by atoms with Gasteiger partial charge in [0, 0.05) is 20.1 Å². The lowest BCUT2D eigenvalue weighted by Gasteiger charge is -2.19. The number of amides is 2. The van der Waals surface area contributed by atoms with E-state index in [1.54, 1.807) is 19.0 Å². The fourth-order valence-corrected chi connectivity index (χ4v) is 1.00. The molecule has 0 saturated heterocycles. The molecule has 78 valence electrons. The van der Waals surface area contributed by atoms with Crippen LogP contribution in [0.25, 0.3) is 0 Å². The molecule has 0 saturated carbocycles. The zero-order valence-electron chi connectivity index (χ0n) is 9.05. The third-order valence-corrected chi connectivity index (χ3v) is 1.97. The van der Waals surface area contributed by atoms with Crippen molar-refractivity contribution in [1.82, 2.24) is 15.5 Å². The van der Waals surface area contributed by atoms with Crippen LogP contribution in [0.3, 0.4) is 0 Å². The van der Waals surface area contributed by atoms with Crippen LogP contribution in [0.1, 0.15) is 19.8 Å². The first-order chi connectivity index (χ1) is 6.11. The average Bonchev–Trinajstić information content (AvgIpc) is 2.11. The van der Waals surface area contributed by atoms with E-state index < -0.39 is 0 Å². The number of nitrogens with zero attached hydrogens (tertiary/aromatic N) is 1. The van der Waals surface area contributed by atoms with E-state index in [-0.39, 0.29) is 12.1 Å². The molecule has 4 nitrogen and oxygen atoms in total. The maximum Gasteiger partial charge on any atom is 0.317 e. The molecular formula is C9H21N3O. The van der Waals surface area contributed by atoms with E-state index in [1.807, 2.05) is 7.05 Å². The van der Waals surface area contributed by atoms with E-state index in [0.29, 0.717) is 0 Å². The van der Waals surface area contributed by atoms with Crippen molar-refractivity contribution in [3.8, 4) is 0 Å². The summed E-state index contributed by atoms with van der Waals surface area (Å²) in [5.74, 6) is 0. The van der Waals surface area contributed by atoms with E-state index in [9.17, 15) is 4.79 Å². The lowest BCUT2D eigenvalue weighted by molar-refractivity contribution is 0.212. The van der Waals surface area contributed by atoms with Gasteiger partial charge in [-0.2, -0.15) is 0 Å². The Kier molecular flexibility index (Phi) is 6.32. The minimum Gasteiger partial charge on any atom is -0.335 e. The first-order valence-electron chi connectivity index (χ1n) is 4.74. The van der Waals surface area contributed by atoms with Crippen LogP contribution in [0.4, 0.5) is 4.79 Å². The average molecular weight is 187 g/mol. The highest BCUT2D eigenvalue weighted by Crippen LogP contribution is 1.96. The quantitative estimate of drug-likeness (QED) is 0.663. The third-order valence-electron chi connectivity index (χ3n) is 1.97. The van der Waals surface area contributed by atoms with Crippen molar-refractivity contribution in [2.45, 2.75) is 25.8 Å². The van der Waals surface area contributed by atoms with Gasteiger partial charge < -0.3 is 15.5 Å². The zero-order valence-corrected chi connectivity index (χ0v) is 9.05. The van der Waals surface area contributed by atoms with Gasteiger partial charge in [-0.1, -0.05) is 6.92 Å². The predicted molar refractivity (Wildman–Crippen MR) is 54.8 cm³/mol. The summed E-state index contributed by atoms with van der Waals surface area (Å²) in [7, 11) is 5.42. The summed E-state index contributed by atoms with van der Waals surface area (Å²) >= 11 is 0. The molecule has 0 radical (unpaired) electrons. The van der Waals surface area contributed by atoms with Crippen molar-refractivity contribution in [2.24, 2.45) is 0 Å². The van der Waals surface area contributed by atoms with E-state index in [0.717, 1.165) is 19.4 Å². The van der Waals surface area contributed by atoms with E-state index >= 15 is 0 Å². The van der Waals surface area contributed by atoms with Crippen molar-refractivity contribution < 1.29 is 4.79 Å². The maximum absolute atomic E-state index is 11.3. The van der Waals surface area contributed by atoms with Crippen molar-refractivity contribution >= 4 is 6.03 Å². The standard InChI is InChI=1S/C9H21N3O/c1-5-8(6-7-10-2)11-9(13)12(3)4/h8,10H,5-7H2,1-4H3,(H,11,13). The van der Waals surface area contributed by atoms with Gasteiger partial charge in [-0.15, -0.1) is 0 Å². The van der Waals surface area contributed by atoms with Gasteiger partial charge in [0.2, 0.25) is 0 Å². The molecule has 4 heteroatoms. The van der Waals surface area contributed by atoms with Gasteiger partial charge in [0.05, 0.1) is 0 Å². The van der Waals surface area contributed by atoms with Crippen LogP contribution < -0.4 is 10.6 Å². The van der Waals surface area contributed by atoms with Gasteiger partial charge in [0.1, 0.15) is 0 Å². The summed E-state index contributed by atoms with van der Waals surface area (Å²) in [4.78, 5) is 12.8. The molecule has 2 amide bonds. The number of carbonyl (C=O) groups is 1. The van der Waals surface area contributed by atoms with Crippen LogP contribution >= 0.6 is 0 Å². The summed E-state index contributed by atoms with van der Waals surface area (Å²) in [6.07, 6.45) is 1.95. The number of hydrogen-bond acceptors (Lipinski definition) is 2. The Labute approximate surface area is 80.7 Å². The van der Waals surface area contributed by atoms with Crippen LogP contribution in [0, 0.1) is 0 Å². The minimum atomic E-state index is -0.0112. The maximum atomic E-state index is 11.3. The van der Waals surface area contributed by atoms with Crippen molar-refractivity contribution in [2.75, 3.05) is 27.7 Å². The molecule has 0 aromatic heterocycles. The summed E-state index contributed by atoms with van der Waals surface area (Å²) in [6.45, 7) is 3.02. The fourth-order valence-electron chi connectivity index (χ4n) is 1.00. The lowest BCUT2D eigenvalue weighted by Crippen LogP contribution is -2.42. The summed E-state index contributed by atoms with van der Waals surface area (Å²) in [5.41, 5.74) is 0. The van der Waals surface area contributed by atoms with Crippen molar-refractivity contribution in [1.29, 1.82) is 0 Å². The summed E-state index contributed by atoms with van der Waals surface area (Å²) in [5, 5.41) is 6.02. The Morgan fingerprint density at radius 2 is 2.08 bits per heavy atom. The van der Waals surface area contributed by atoms with E-state index in [4.69, 9.17) is 0 Å². The predicted octanol–water partition coefficient (Wildman–Crippen LogP) is 0.646. The SMILES string of the molecule is CCC(CCNC)NC(=O)N(C)C. The second-order valence-corrected chi connectivity index (χ2v) is 3.34. The normalized spacial score (nSPS) is 12.3. The molecule has 1 unspecified atom stereocenters. The van der Waals surface area contributed by atoms with Crippen molar-refractivity contribution in [3.63, 3.8) is 0 Å². The van der Waals surface area contributed by atoms with Crippen LogP contribution in [0.5, 0.6) is 0 Å². The van der Waals surface area contributed by atoms with Gasteiger partial charge in [-0.3, -0.25) is 0 Å². The molecule has 2 N–H and O–H groups in total. The van der Waals surface area contributed by atoms with Gasteiger partial charge in [0.15, 0.2) is 0 Å². The fraction of sp³-hybridized carbons (Fsp3) is 0.889. The molecule has 0 aliphatic heterocycles. The monoisotopic (exact) mass is 187 g/mol. The number of hydrogen-bond donors (Lipinski definition) is 2. The van der Waals surface area contributed by atoms with E-state index in [2.05, 4.69) is 17.6 Å². The van der Waals surface area contributed by atoms with Gasteiger partial charge >= 0.3 is 6.03 Å². The second kappa shape index (κ2) is 6.71. The van der Waals surface area contributed by atoms with Gasteiger partial charge in [-0.05, 0) is 26.4 Å². The Hall–Kier alpha value is -0.770. The summed E-state index contributed by atoms with van der Waals surface area (Å²) in [6, 6.07) is 0.269. The Morgan fingerprint density at radius 3 is 2.46 bits per heavy atom. The Balaban J connectivity index is 3.76. The molecule has 1 atom stereocenters. The van der Waals surface area contributed by atoms with Gasteiger partial charge in [0.25, 0.3) is 0 Å². The van der Waals surface area contributed by atoms with Crippen LogP contribution in [-0.4, -0.2) is 44.7 Å². The minimum absolute atomic E-state index is 0.0112. The highest BCUT2D eigenvalue weighted by atomic mass is 16.2. The molecule has 0 aliphatic rings. The Morgan fingerprint density at radius 1 is 1.46 bits per heavy atom.